The van der Waals surface area contributed by atoms with Crippen LogP contribution >= 0.6 is 0 Å². The standard InChI is InChI=1S/C11H12F2O3/c1-2-3-7-10(14)16-15-9-6-4-5-8(12)11(9)13/h4-6H,2-3,7H2,1H3. The van der Waals surface area contributed by atoms with E-state index >= 15 is 0 Å². The van der Waals surface area contributed by atoms with Crippen molar-refractivity contribution < 1.29 is 23.4 Å². The zero-order valence-corrected chi connectivity index (χ0v) is 8.83. The second kappa shape index (κ2) is 6.05. The third-order valence-corrected chi connectivity index (χ3v) is 1.88. The first kappa shape index (κ1) is 12.4. The number of rotatable bonds is 5. The van der Waals surface area contributed by atoms with Crippen molar-refractivity contribution >= 4 is 5.97 Å². The molecule has 0 unspecified atom stereocenters. The normalized spacial score (nSPS) is 9.94. The van der Waals surface area contributed by atoms with E-state index in [9.17, 15) is 13.6 Å². The van der Waals surface area contributed by atoms with E-state index in [1.165, 1.54) is 12.1 Å². The summed E-state index contributed by atoms with van der Waals surface area (Å²) in [6.07, 6.45) is 1.69. The fourth-order valence-electron chi connectivity index (χ4n) is 1.00. The Kier molecular flexibility index (Phi) is 4.69. The van der Waals surface area contributed by atoms with E-state index in [2.05, 4.69) is 9.78 Å². The quantitative estimate of drug-likeness (QED) is 0.576. The van der Waals surface area contributed by atoms with Gasteiger partial charge in [-0.1, -0.05) is 19.4 Å². The van der Waals surface area contributed by atoms with Crippen molar-refractivity contribution in [3.05, 3.63) is 29.8 Å². The summed E-state index contributed by atoms with van der Waals surface area (Å²) in [6, 6.07) is 3.38. The fourth-order valence-corrected chi connectivity index (χ4v) is 1.00. The number of unbranched alkanes of at least 4 members (excludes halogenated alkanes) is 1. The number of hydrogen-bond donors (Lipinski definition) is 0. The molecule has 0 aliphatic carbocycles. The second-order valence-corrected chi connectivity index (χ2v) is 3.19. The first-order chi connectivity index (χ1) is 7.65. The Balaban J connectivity index is 2.48. The van der Waals surface area contributed by atoms with Crippen LogP contribution in [0.4, 0.5) is 8.78 Å². The van der Waals surface area contributed by atoms with E-state index in [-0.39, 0.29) is 6.42 Å². The molecular formula is C11H12F2O3. The van der Waals surface area contributed by atoms with Gasteiger partial charge >= 0.3 is 5.97 Å². The number of halogens is 2. The molecule has 0 aliphatic rings. The van der Waals surface area contributed by atoms with Crippen LogP contribution in [-0.4, -0.2) is 5.97 Å². The van der Waals surface area contributed by atoms with Gasteiger partial charge in [0.05, 0.1) is 6.42 Å². The summed E-state index contributed by atoms with van der Waals surface area (Å²) in [5, 5.41) is 0. The Labute approximate surface area is 91.9 Å². The summed E-state index contributed by atoms with van der Waals surface area (Å²) >= 11 is 0. The fraction of sp³-hybridized carbons (Fsp3) is 0.364. The molecule has 1 aromatic rings. The maximum absolute atomic E-state index is 13.0. The third kappa shape index (κ3) is 3.49. The van der Waals surface area contributed by atoms with E-state index in [0.29, 0.717) is 6.42 Å². The summed E-state index contributed by atoms with van der Waals surface area (Å²) in [7, 11) is 0. The lowest BCUT2D eigenvalue weighted by molar-refractivity contribution is -0.215. The lowest BCUT2D eigenvalue weighted by atomic mass is 10.3. The van der Waals surface area contributed by atoms with E-state index in [0.717, 1.165) is 12.5 Å². The van der Waals surface area contributed by atoms with Gasteiger partial charge in [-0.05, 0) is 18.6 Å². The smallest absolute Gasteiger partial charge is 0.284 e. The molecule has 0 bridgehead atoms. The van der Waals surface area contributed by atoms with Gasteiger partial charge in [0.15, 0.2) is 5.82 Å². The van der Waals surface area contributed by atoms with Crippen LogP contribution in [0.15, 0.2) is 18.2 Å². The Morgan fingerprint density at radius 2 is 2.12 bits per heavy atom. The zero-order chi connectivity index (χ0) is 12.0. The minimum absolute atomic E-state index is 0.188. The average molecular weight is 230 g/mol. The molecule has 1 rings (SSSR count). The highest BCUT2D eigenvalue weighted by Gasteiger charge is 2.11. The van der Waals surface area contributed by atoms with Crippen LogP contribution < -0.4 is 4.89 Å². The summed E-state index contributed by atoms with van der Waals surface area (Å²) in [4.78, 5) is 19.7. The summed E-state index contributed by atoms with van der Waals surface area (Å²) in [6.45, 7) is 1.92. The lowest BCUT2D eigenvalue weighted by Gasteiger charge is -2.04. The molecule has 0 fully saturated rings. The highest BCUT2D eigenvalue weighted by Crippen LogP contribution is 2.19. The van der Waals surface area contributed by atoms with Gasteiger partial charge in [0, 0.05) is 0 Å². The van der Waals surface area contributed by atoms with Crippen LogP contribution in [0.1, 0.15) is 26.2 Å². The molecule has 0 aliphatic heterocycles. The van der Waals surface area contributed by atoms with Gasteiger partial charge in [-0.15, -0.1) is 0 Å². The number of hydrogen-bond acceptors (Lipinski definition) is 3. The molecule has 0 aromatic heterocycles. The predicted octanol–water partition coefficient (Wildman–Crippen LogP) is 2.99. The topological polar surface area (TPSA) is 35.5 Å². The molecule has 0 heterocycles. The Morgan fingerprint density at radius 1 is 1.38 bits per heavy atom. The highest BCUT2D eigenvalue weighted by molar-refractivity contribution is 5.68. The minimum Gasteiger partial charge on any atom is -0.284 e. The van der Waals surface area contributed by atoms with Crippen molar-refractivity contribution in [2.75, 3.05) is 0 Å². The van der Waals surface area contributed by atoms with Gasteiger partial charge < -0.3 is 0 Å². The van der Waals surface area contributed by atoms with Gasteiger partial charge in [-0.2, -0.15) is 4.39 Å². The molecule has 0 saturated carbocycles. The molecule has 0 N–H and O–H groups in total. The van der Waals surface area contributed by atoms with Crippen molar-refractivity contribution in [3.8, 4) is 5.75 Å². The van der Waals surface area contributed by atoms with Gasteiger partial charge in [-0.3, -0.25) is 9.78 Å². The van der Waals surface area contributed by atoms with E-state index in [1.54, 1.807) is 0 Å². The van der Waals surface area contributed by atoms with Gasteiger partial charge in [0.1, 0.15) is 0 Å². The molecule has 0 atom stereocenters. The molecule has 0 radical (unpaired) electrons. The van der Waals surface area contributed by atoms with E-state index in [4.69, 9.17) is 0 Å². The van der Waals surface area contributed by atoms with Crippen LogP contribution in [0.2, 0.25) is 0 Å². The molecule has 16 heavy (non-hydrogen) atoms. The van der Waals surface area contributed by atoms with Crippen molar-refractivity contribution in [2.45, 2.75) is 26.2 Å². The lowest BCUT2D eigenvalue weighted by Crippen LogP contribution is -2.08. The van der Waals surface area contributed by atoms with Crippen molar-refractivity contribution in [3.63, 3.8) is 0 Å². The summed E-state index contributed by atoms with van der Waals surface area (Å²) < 4.78 is 25.7. The molecule has 88 valence electrons. The third-order valence-electron chi connectivity index (χ3n) is 1.88. The van der Waals surface area contributed by atoms with Crippen molar-refractivity contribution in [1.82, 2.24) is 0 Å². The molecule has 3 nitrogen and oxygen atoms in total. The summed E-state index contributed by atoms with van der Waals surface area (Å²) in [5.74, 6) is -3.27. The maximum Gasteiger partial charge on any atom is 0.355 e. The molecule has 0 spiro atoms. The molecule has 5 heteroatoms. The molecule has 0 saturated heterocycles. The van der Waals surface area contributed by atoms with Crippen LogP contribution in [0.25, 0.3) is 0 Å². The maximum atomic E-state index is 13.0. The second-order valence-electron chi connectivity index (χ2n) is 3.19. The first-order valence-electron chi connectivity index (χ1n) is 4.96. The summed E-state index contributed by atoms with van der Waals surface area (Å²) in [5.41, 5.74) is 0. The molecule has 0 amide bonds. The predicted molar refractivity (Wildman–Crippen MR) is 52.6 cm³/mol. The van der Waals surface area contributed by atoms with Crippen LogP contribution in [0.3, 0.4) is 0 Å². The van der Waals surface area contributed by atoms with Crippen molar-refractivity contribution in [2.24, 2.45) is 0 Å². The number of carbonyl (C=O) groups excluding carboxylic acids is 1. The average Bonchev–Trinajstić information content (AvgIpc) is 2.28. The van der Waals surface area contributed by atoms with E-state index < -0.39 is 23.4 Å². The SMILES string of the molecule is CCCCC(=O)OOc1cccc(F)c1F. The van der Waals surface area contributed by atoms with Crippen molar-refractivity contribution in [1.29, 1.82) is 0 Å². The van der Waals surface area contributed by atoms with Gasteiger partial charge in [0.25, 0.3) is 0 Å². The van der Waals surface area contributed by atoms with Gasteiger partial charge in [0.2, 0.25) is 11.6 Å². The minimum atomic E-state index is -1.18. The Morgan fingerprint density at radius 3 is 2.81 bits per heavy atom. The monoisotopic (exact) mass is 230 g/mol. The van der Waals surface area contributed by atoms with Crippen LogP contribution in [0.5, 0.6) is 5.75 Å². The number of benzene rings is 1. The Bertz CT molecular complexity index is 366. The van der Waals surface area contributed by atoms with E-state index in [1.807, 2.05) is 6.92 Å². The van der Waals surface area contributed by atoms with Crippen LogP contribution in [-0.2, 0) is 9.68 Å². The highest BCUT2D eigenvalue weighted by atomic mass is 19.2. The molecular weight excluding hydrogens is 218 g/mol. The zero-order valence-electron chi connectivity index (χ0n) is 8.83. The number of carbonyl (C=O) groups is 1. The van der Waals surface area contributed by atoms with Crippen LogP contribution in [0, 0.1) is 11.6 Å². The largest absolute Gasteiger partial charge is 0.355 e. The first-order valence-corrected chi connectivity index (χ1v) is 4.96. The Hall–Kier alpha value is -1.65. The molecule has 1 aromatic carbocycles. The van der Waals surface area contributed by atoms with Gasteiger partial charge in [-0.25, -0.2) is 9.18 Å².